The van der Waals surface area contributed by atoms with E-state index in [1.54, 1.807) is 0 Å². The van der Waals surface area contributed by atoms with E-state index in [9.17, 15) is 88.7 Å². The van der Waals surface area contributed by atoms with Gasteiger partial charge in [-0.2, -0.15) is 0 Å². The van der Waals surface area contributed by atoms with Gasteiger partial charge in [0.05, 0.1) is 30.8 Å². The summed E-state index contributed by atoms with van der Waals surface area (Å²) < 4.78 is 15.7. The first-order valence-corrected chi connectivity index (χ1v) is 27.6. The van der Waals surface area contributed by atoms with Crippen LogP contribution >= 0.6 is 8.25 Å². The van der Waals surface area contributed by atoms with Crippen molar-refractivity contribution in [2.45, 2.75) is 203 Å². The number of hydrogen-bond acceptors (Lipinski definition) is 19. The largest absolute Gasteiger partial charge is 1.00 e. The van der Waals surface area contributed by atoms with Gasteiger partial charge in [-0.15, -0.1) is 0 Å². The number of primary amides is 1. The molecule has 3 fully saturated rings. The minimum Gasteiger partial charge on any atom is -0.558 e. The monoisotopic (exact) mass is 1150 g/mol. The number of nitrogens with one attached hydrogen (secondary N) is 5. The third-order valence-electron chi connectivity index (χ3n) is 14.5. The predicted octanol–water partition coefficient (Wildman–Crippen LogP) is -6.65. The fourth-order valence-electron chi connectivity index (χ4n) is 9.93. The van der Waals surface area contributed by atoms with Crippen molar-refractivity contribution in [3.63, 3.8) is 0 Å². The van der Waals surface area contributed by atoms with Crippen molar-refractivity contribution in [1.82, 2.24) is 36.4 Å². The molecule has 3 aliphatic rings. The number of benzene rings is 1. The molecule has 3 aliphatic heterocycles. The van der Waals surface area contributed by atoms with Crippen molar-refractivity contribution in [2.75, 3.05) is 13.1 Å². The van der Waals surface area contributed by atoms with Gasteiger partial charge < -0.3 is 87.9 Å². The molecule has 15 N–H and O–H groups in total. The third-order valence-corrected chi connectivity index (χ3v) is 14.8. The van der Waals surface area contributed by atoms with Crippen molar-refractivity contribution in [2.24, 2.45) is 17.6 Å². The number of fused-ring (bicyclic) bond motifs is 2. The SMILES string of the molecule is CCC(C)CC(C)CCCCCCCCC(=O)N[C@H]1C[C@@H](O)[C@@H](O)NC(=O)[C@@H]2[C@@H](O)CCN2C(=O)[C@H]([C@@H](O)CC(N)=O)NC(=O)[C@H]([C@H](O)[C@@H](O)c2ccc(O[P+](=O)[O-])cc2)NC(=O)[C@@H]2C[C@@H](O)CN2C(=O)[C@H]([C@H](C)O)NC1=O.[Na+]. The maximum Gasteiger partial charge on any atom is 1.00 e. The minimum absolute atomic E-state index is 0. The Hall–Kier alpha value is -4.48. The summed E-state index contributed by atoms with van der Waals surface area (Å²) in [7, 11) is -3.37. The second-order valence-electron chi connectivity index (χ2n) is 20.9. The van der Waals surface area contributed by atoms with Crippen LogP contribution in [0, 0.1) is 11.8 Å². The average Bonchev–Trinajstić information content (AvgIpc) is 3.98. The first-order chi connectivity index (χ1) is 36.7. The Balaban J connectivity index is 0.0000164. The van der Waals surface area contributed by atoms with Crippen molar-refractivity contribution < 1.29 is 123 Å². The molecule has 4 rings (SSSR count). The van der Waals surface area contributed by atoms with E-state index in [-0.39, 0.29) is 53.7 Å². The Morgan fingerprint density at radius 2 is 1.37 bits per heavy atom. The molecule has 0 bridgehead atoms. The molecule has 27 nitrogen and oxygen atoms in total. The zero-order valence-electron chi connectivity index (χ0n) is 45.3. The summed E-state index contributed by atoms with van der Waals surface area (Å²) in [6.45, 7) is 6.66. The van der Waals surface area contributed by atoms with Gasteiger partial charge in [0.15, 0.2) is 12.0 Å². The van der Waals surface area contributed by atoms with Gasteiger partial charge in [0, 0.05) is 32.4 Å². The van der Waals surface area contributed by atoms with Crippen LogP contribution < -0.4 is 71.3 Å². The second-order valence-corrected chi connectivity index (χ2v) is 21.5. The minimum atomic E-state index is -3.37. The van der Waals surface area contributed by atoms with E-state index in [4.69, 9.17) is 5.73 Å². The number of unbranched alkanes of at least 4 members (excludes halogenated alkanes) is 5. The fourth-order valence-corrected chi connectivity index (χ4v) is 10.2. The number of aliphatic hydroxyl groups excluding tert-OH is 8. The summed E-state index contributed by atoms with van der Waals surface area (Å²) in [4.78, 5) is 124. The van der Waals surface area contributed by atoms with Crippen LogP contribution in [0.15, 0.2) is 24.3 Å². The van der Waals surface area contributed by atoms with Gasteiger partial charge in [-0.3, -0.25) is 42.9 Å². The number of aliphatic hydroxyl groups is 8. The van der Waals surface area contributed by atoms with Crippen LogP contribution in [-0.4, -0.2) is 190 Å². The summed E-state index contributed by atoms with van der Waals surface area (Å²) in [6, 6.07) is -7.91. The Labute approximate surface area is 481 Å². The number of carbonyl (C=O) groups excluding carboxylic acids is 8. The van der Waals surface area contributed by atoms with Gasteiger partial charge in [-0.05, 0) is 60.3 Å². The van der Waals surface area contributed by atoms with Crippen LogP contribution in [0.3, 0.4) is 0 Å². The summed E-state index contributed by atoms with van der Waals surface area (Å²) in [5.41, 5.74) is 5.11. The third kappa shape index (κ3) is 20.5. The summed E-state index contributed by atoms with van der Waals surface area (Å²) >= 11 is 0. The molecule has 8 amide bonds. The molecule has 0 aromatic heterocycles. The van der Waals surface area contributed by atoms with Crippen LogP contribution in [0.1, 0.15) is 129 Å². The zero-order chi connectivity index (χ0) is 58.1. The van der Waals surface area contributed by atoms with E-state index < -0.39 is 173 Å². The molecule has 438 valence electrons. The number of carbonyl (C=O) groups is 8. The maximum absolute atomic E-state index is 14.4. The van der Waals surface area contributed by atoms with E-state index in [2.05, 4.69) is 46.6 Å². The van der Waals surface area contributed by atoms with Crippen LogP contribution in [0.2, 0.25) is 0 Å². The summed E-state index contributed by atoms with van der Waals surface area (Å²) in [5, 5.41) is 101. The predicted molar refractivity (Wildman–Crippen MR) is 272 cm³/mol. The molecule has 3 unspecified atom stereocenters. The van der Waals surface area contributed by atoms with Crippen molar-refractivity contribution >= 4 is 55.5 Å². The molecule has 79 heavy (non-hydrogen) atoms. The van der Waals surface area contributed by atoms with E-state index >= 15 is 0 Å². The Morgan fingerprint density at radius 3 is 1.97 bits per heavy atom. The summed E-state index contributed by atoms with van der Waals surface area (Å²) in [6.07, 6.45) is -10.7. The van der Waals surface area contributed by atoms with E-state index in [0.717, 1.165) is 74.6 Å². The normalized spacial score (nSPS) is 28.1. The number of amides is 8. The maximum atomic E-state index is 14.4. The topological polar surface area (TPSA) is 440 Å². The van der Waals surface area contributed by atoms with Crippen LogP contribution in [0.25, 0.3) is 0 Å². The van der Waals surface area contributed by atoms with Crippen LogP contribution in [0.4, 0.5) is 0 Å². The molecule has 29 heteroatoms. The van der Waals surface area contributed by atoms with Gasteiger partial charge in [-0.1, -0.05) is 77.8 Å². The smallest absolute Gasteiger partial charge is 0.558 e. The van der Waals surface area contributed by atoms with Gasteiger partial charge in [-0.25, -0.2) is 0 Å². The molecule has 0 spiro atoms. The summed E-state index contributed by atoms with van der Waals surface area (Å²) in [5.74, 6) is -8.82. The standard InChI is InChI=1S/C50H79N8O19P.Na/c1-5-25(2)20-26(3)12-10-8-6-7-9-11-13-37(65)52-31-22-35(63)46(70)56-48(72)41-33(61)18-19-57(41)50(74)39(34(62)23-36(51)64)54-47(71)40(43(67)42(66)28-14-16-30(17-15-28)77-78(75)76)55-45(69)32-21-29(60)24-58(32)49(73)38(27(4)59)53-44(31)68;/h14-17,25-27,29,31-35,38-43,46,59-63,66-67,70H,5-13,18-24H2,1-4H3,(H2,51,64)(H,52,65)(H,53,68)(H,54,71)(H,55,69)(H,56,72);/q;+1/t25?,26?,27-,29+,31-,32-,33-,34-,35+,38-,39-,40-,41-,42-,43-,46+;/m0./s1. The molecule has 3 saturated heterocycles. The van der Waals surface area contributed by atoms with Crippen molar-refractivity contribution in [3.05, 3.63) is 29.8 Å². The molecule has 0 saturated carbocycles. The molecule has 3 heterocycles. The molecule has 0 aliphatic carbocycles. The molecular formula is C50H79N8NaO19P+. The van der Waals surface area contributed by atoms with Gasteiger partial charge in [0.25, 0.3) is 0 Å². The molecule has 17 atom stereocenters. The van der Waals surface area contributed by atoms with Crippen molar-refractivity contribution in [3.8, 4) is 5.75 Å². The first-order valence-electron chi connectivity index (χ1n) is 26.5. The molecule has 1 aromatic rings. The molecule has 0 radical (unpaired) electrons. The Bertz CT molecular complexity index is 2240. The Kier molecular flexibility index (Phi) is 28.6. The first kappa shape index (κ1) is 68.8. The second kappa shape index (κ2) is 32.8. The average molecular weight is 1150 g/mol. The molecular weight excluding hydrogens is 1070 g/mol. The number of hydrogen-bond donors (Lipinski definition) is 14. The van der Waals surface area contributed by atoms with Crippen LogP contribution in [-0.2, 0) is 42.9 Å². The van der Waals surface area contributed by atoms with E-state index in [0.29, 0.717) is 29.6 Å². The Morgan fingerprint density at radius 1 is 0.772 bits per heavy atom. The van der Waals surface area contributed by atoms with Gasteiger partial charge in [0.2, 0.25) is 47.3 Å². The van der Waals surface area contributed by atoms with E-state index in [1.165, 1.54) is 6.42 Å². The fraction of sp³-hybridized carbons (Fsp3) is 0.720. The number of rotatable bonds is 22. The van der Waals surface area contributed by atoms with Gasteiger partial charge in [0.1, 0.15) is 54.6 Å². The zero-order valence-corrected chi connectivity index (χ0v) is 48.2. The number of nitrogens with zero attached hydrogens (tertiary/aromatic N) is 2. The number of nitrogens with two attached hydrogens (primary N) is 1. The quantitative estimate of drug-likeness (QED) is 0.0292. The van der Waals surface area contributed by atoms with Crippen molar-refractivity contribution in [1.29, 1.82) is 0 Å². The molecule has 1 aromatic carbocycles. The van der Waals surface area contributed by atoms with Gasteiger partial charge >= 0.3 is 37.8 Å². The van der Waals surface area contributed by atoms with E-state index in [1.807, 2.05) is 5.32 Å². The van der Waals surface area contributed by atoms with Crippen LogP contribution in [0.5, 0.6) is 5.75 Å².